The van der Waals surface area contributed by atoms with E-state index in [-0.39, 0.29) is 11.2 Å². The van der Waals surface area contributed by atoms with Crippen molar-refractivity contribution in [3.8, 4) is 11.5 Å². The number of nitrogens with zero attached hydrogens (tertiary/aromatic N) is 1. The molecule has 4 saturated carbocycles. The number of aliphatic imine (C=N–C) groups is 1. The summed E-state index contributed by atoms with van der Waals surface area (Å²) in [6.45, 7) is 5.38. The molecule has 7 atom stereocenters. The summed E-state index contributed by atoms with van der Waals surface area (Å²) in [5.41, 5.74) is 0.364. The molecule has 5 unspecified atom stereocenters. The molecule has 0 spiro atoms. The summed E-state index contributed by atoms with van der Waals surface area (Å²) >= 11 is 0. The fraction of sp³-hybridized carbons (Fsp3) is 0.750. The van der Waals surface area contributed by atoms with Crippen molar-refractivity contribution < 1.29 is 14.9 Å². The molecule has 4 heteroatoms. The Morgan fingerprint density at radius 3 is 2.66 bits per heavy atom. The van der Waals surface area contributed by atoms with Crippen LogP contribution in [-0.2, 0) is 0 Å². The summed E-state index contributed by atoms with van der Waals surface area (Å²) < 4.78 is 5.21. The molecule has 4 nitrogen and oxygen atoms in total. The lowest BCUT2D eigenvalue weighted by molar-refractivity contribution is -0.147. The third-order valence-electron chi connectivity index (χ3n) is 10.7. The van der Waals surface area contributed by atoms with Gasteiger partial charge in [0.15, 0.2) is 11.5 Å². The maximum atomic E-state index is 11.9. The number of phenols is 1. The van der Waals surface area contributed by atoms with E-state index >= 15 is 0 Å². The highest BCUT2D eigenvalue weighted by molar-refractivity contribution is 5.84. The highest BCUT2D eigenvalue weighted by Crippen LogP contribution is 2.68. The molecule has 0 aromatic heterocycles. The van der Waals surface area contributed by atoms with Gasteiger partial charge in [0.25, 0.3) is 0 Å². The zero-order valence-electron chi connectivity index (χ0n) is 20.1. The lowest BCUT2D eigenvalue weighted by atomic mass is 9.44. The fourth-order valence-electron chi connectivity index (χ4n) is 8.77. The molecule has 0 bridgehead atoms. The number of hydrogen-bond acceptors (Lipinski definition) is 4. The molecule has 0 amide bonds. The van der Waals surface area contributed by atoms with Crippen LogP contribution < -0.4 is 4.74 Å². The van der Waals surface area contributed by atoms with Crippen molar-refractivity contribution in [1.29, 1.82) is 0 Å². The topological polar surface area (TPSA) is 62.0 Å². The Labute approximate surface area is 193 Å². The third kappa shape index (κ3) is 3.23. The number of hydrogen-bond donors (Lipinski definition) is 2. The normalized spacial score (nSPS) is 43.5. The van der Waals surface area contributed by atoms with Crippen LogP contribution in [0.5, 0.6) is 11.5 Å². The smallest absolute Gasteiger partial charge is 0.166 e. The average molecular weight is 440 g/mol. The van der Waals surface area contributed by atoms with Gasteiger partial charge in [-0.15, -0.1) is 0 Å². The highest BCUT2D eigenvalue weighted by Gasteiger charge is 2.64. The van der Waals surface area contributed by atoms with Gasteiger partial charge in [0, 0.05) is 17.2 Å². The first-order valence-corrected chi connectivity index (χ1v) is 12.9. The number of aliphatic hydroxyl groups is 1. The summed E-state index contributed by atoms with van der Waals surface area (Å²) in [6, 6.07) is 5.42. The van der Waals surface area contributed by atoms with Gasteiger partial charge in [0.2, 0.25) is 0 Å². The monoisotopic (exact) mass is 439 g/mol. The molecule has 4 aliphatic carbocycles. The van der Waals surface area contributed by atoms with Crippen LogP contribution in [0.2, 0.25) is 0 Å². The first-order valence-electron chi connectivity index (χ1n) is 12.9. The van der Waals surface area contributed by atoms with Gasteiger partial charge in [0.05, 0.1) is 19.3 Å². The maximum absolute atomic E-state index is 11.9. The van der Waals surface area contributed by atoms with Crippen molar-refractivity contribution in [2.24, 2.45) is 39.5 Å². The molecular weight excluding hydrogens is 398 g/mol. The summed E-state index contributed by atoms with van der Waals surface area (Å²) in [7, 11) is 1.55. The quantitative estimate of drug-likeness (QED) is 0.567. The highest BCUT2D eigenvalue weighted by atomic mass is 16.5. The minimum absolute atomic E-state index is 0.0558. The van der Waals surface area contributed by atoms with Crippen molar-refractivity contribution >= 4 is 6.21 Å². The van der Waals surface area contributed by atoms with Gasteiger partial charge in [-0.25, -0.2) is 0 Å². The van der Waals surface area contributed by atoms with Crippen LogP contribution in [0, 0.1) is 34.5 Å². The lowest BCUT2D eigenvalue weighted by Gasteiger charge is -2.61. The van der Waals surface area contributed by atoms with E-state index in [4.69, 9.17) is 4.74 Å². The van der Waals surface area contributed by atoms with Gasteiger partial charge < -0.3 is 14.9 Å². The number of fused-ring (bicyclic) bond motifs is 5. The average Bonchev–Trinajstić information content (AvgIpc) is 3.05. The predicted octanol–water partition coefficient (Wildman–Crippen LogP) is 5.98. The molecular formula is C28H41NO3. The van der Waals surface area contributed by atoms with Gasteiger partial charge in [-0.3, -0.25) is 4.99 Å². The van der Waals surface area contributed by atoms with Crippen LogP contribution in [0.25, 0.3) is 0 Å². The molecule has 4 fully saturated rings. The minimum Gasteiger partial charge on any atom is -0.504 e. The van der Waals surface area contributed by atoms with Gasteiger partial charge in [-0.05, 0) is 92.6 Å². The number of phenolic OH excluding ortho intramolecular Hbond substituents is 1. The predicted molar refractivity (Wildman–Crippen MR) is 128 cm³/mol. The standard InChI is InChI=1S/C28H41NO3/c1-26-14-5-4-8-20(26)10-11-21-22(26)12-15-27(2)23(21)13-16-28(27,31)18-29-17-19-7-6-9-24(32-3)25(19)30/h6-7,9,17,20-23,30-31H,4-5,8,10-16,18H2,1-3H3/t20?,21?,22?,23?,26-,27-,28?/m0/s1. The Hall–Kier alpha value is -1.55. The number of aromatic hydroxyl groups is 1. The van der Waals surface area contributed by atoms with E-state index < -0.39 is 5.60 Å². The van der Waals surface area contributed by atoms with Crippen LogP contribution in [0.15, 0.2) is 23.2 Å². The van der Waals surface area contributed by atoms with E-state index in [2.05, 4.69) is 18.8 Å². The Kier molecular flexibility index (Phi) is 5.59. The zero-order valence-corrected chi connectivity index (χ0v) is 20.1. The van der Waals surface area contributed by atoms with E-state index in [1.54, 1.807) is 19.4 Å². The molecule has 2 N–H and O–H groups in total. The molecule has 1 aromatic rings. The van der Waals surface area contributed by atoms with E-state index in [0.717, 1.165) is 37.0 Å². The number of para-hydroxylation sites is 1. The van der Waals surface area contributed by atoms with E-state index in [9.17, 15) is 10.2 Å². The van der Waals surface area contributed by atoms with Crippen molar-refractivity contribution in [2.45, 2.75) is 83.7 Å². The number of rotatable bonds is 4. The number of ether oxygens (including phenoxy) is 1. The number of benzene rings is 1. The van der Waals surface area contributed by atoms with Crippen LogP contribution in [0.3, 0.4) is 0 Å². The first kappa shape index (κ1) is 22.3. The minimum atomic E-state index is -0.752. The largest absolute Gasteiger partial charge is 0.504 e. The number of methoxy groups -OCH3 is 1. The fourth-order valence-corrected chi connectivity index (χ4v) is 8.77. The third-order valence-corrected chi connectivity index (χ3v) is 10.7. The maximum Gasteiger partial charge on any atom is 0.166 e. The second kappa shape index (κ2) is 8.04. The van der Waals surface area contributed by atoms with Crippen LogP contribution in [0.1, 0.15) is 83.6 Å². The van der Waals surface area contributed by atoms with E-state index in [1.165, 1.54) is 44.9 Å². The van der Waals surface area contributed by atoms with Crippen molar-refractivity contribution in [3.05, 3.63) is 23.8 Å². The van der Waals surface area contributed by atoms with Crippen molar-refractivity contribution in [1.82, 2.24) is 0 Å². The van der Waals surface area contributed by atoms with Gasteiger partial charge in [0.1, 0.15) is 0 Å². The van der Waals surface area contributed by atoms with E-state index in [1.807, 2.05) is 12.1 Å². The lowest BCUT2D eigenvalue weighted by Crippen LogP contribution is -2.56. The Morgan fingerprint density at radius 1 is 1.03 bits per heavy atom. The molecule has 0 saturated heterocycles. The molecule has 0 heterocycles. The second-order valence-electron chi connectivity index (χ2n) is 11.8. The van der Waals surface area contributed by atoms with Gasteiger partial charge in [-0.1, -0.05) is 32.8 Å². The molecule has 32 heavy (non-hydrogen) atoms. The summed E-state index contributed by atoms with van der Waals surface area (Å²) in [6.07, 6.45) is 14.5. The summed E-state index contributed by atoms with van der Waals surface area (Å²) in [4.78, 5) is 4.66. The Bertz CT molecular complexity index is 883. The first-order chi connectivity index (χ1) is 15.3. The Morgan fingerprint density at radius 2 is 1.84 bits per heavy atom. The molecule has 5 rings (SSSR count). The summed E-state index contributed by atoms with van der Waals surface area (Å²) in [5.74, 6) is 3.73. The van der Waals surface area contributed by atoms with Crippen molar-refractivity contribution in [2.75, 3.05) is 13.7 Å². The molecule has 0 radical (unpaired) electrons. The van der Waals surface area contributed by atoms with Gasteiger partial charge in [-0.2, -0.15) is 0 Å². The van der Waals surface area contributed by atoms with Crippen LogP contribution >= 0.6 is 0 Å². The van der Waals surface area contributed by atoms with Gasteiger partial charge >= 0.3 is 0 Å². The second-order valence-corrected chi connectivity index (χ2v) is 11.8. The molecule has 1 aromatic carbocycles. The molecule has 0 aliphatic heterocycles. The zero-order chi connectivity index (χ0) is 22.6. The van der Waals surface area contributed by atoms with Crippen molar-refractivity contribution in [3.63, 3.8) is 0 Å². The molecule has 176 valence electrons. The van der Waals surface area contributed by atoms with Crippen LogP contribution in [-0.4, -0.2) is 35.7 Å². The van der Waals surface area contributed by atoms with E-state index in [0.29, 0.717) is 29.2 Å². The Balaban J connectivity index is 1.34. The molecule has 4 aliphatic rings. The SMILES string of the molecule is COc1cccc(C=NCC2(O)CCC3C4CCC5CCCC[C@]5(C)C4CC[C@@]32C)c1O. The van der Waals surface area contributed by atoms with Crippen LogP contribution in [0.4, 0.5) is 0 Å². The summed E-state index contributed by atoms with van der Waals surface area (Å²) in [5, 5.41) is 22.2.